The summed E-state index contributed by atoms with van der Waals surface area (Å²) >= 11 is 0. The first-order valence-electron chi connectivity index (χ1n) is 5.13. The van der Waals surface area contributed by atoms with Crippen molar-refractivity contribution in [1.82, 2.24) is 10.3 Å². The normalized spacial score (nSPS) is 21.9. The number of oxazole rings is 1. The molecular weight excluding hydrogens is 178 g/mol. The molecule has 0 amide bonds. The number of aromatic nitrogens is 1. The van der Waals surface area contributed by atoms with Crippen LogP contribution in [0, 0.1) is 5.92 Å². The molecule has 1 aromatic heterocycles. The largest absolute Gasteiger partial charge is 0.432 e. The van der Waals surface area contributed by atoms with E-state index in [9.17, 15) is 0 Å². The van der Waals surface area contributed by atoms with Gasteiger partial charge in [-0.1, -0.05) is 6.92 Å². The zero-order valence-corrected chi connectivity index (χ0v) is 8.79. The Morgan fingerprint density at radius 2 is 2.57 bits per heavy atom. The summed E-state index contributed by atoms with van der Waals surface area (Å²) in [6, 6.07) is 0.777. The number of nitrogens with one attached hydrogen (secondary N) is 1. The van der Waals surface area contributed by atoms with Crippen molar-refractivity contribution in [2.45, 2.75) is 19.9 Å². The Bertz CT molecular complexity index is 297. The van der Waals surface area contributed by atoms with E-state index >= 15 is 0 Å². The van der Waals surface area contributed by atoms with Crippen LogP contribution in [0.3, 0.4) is 0 Å². The van der Waals surface area contributed by atoms with Gasteiger partial charge in [-0.3, -0.25) is 0 Å². The summed E-state index contributed by atoms with van der Waals surface area (Å²) < 4.78 is 5.42. The maximum atomic E-state index is 5.42. The van der Waals surface area contributed by atoms with Crippen LogP contribution in [0.1, 0.15) is 19.0 Å². The van der Waals surface area contributed by atoms with Crippen molar-refractivity contribution in [1.29, 1.82) is 0 Å². The molecule has 0 spiro atoms. The van der Waals surface area contributed by atoms with E-state index in [-0.39, 0.29) is 0 Å². The van der Waals surface area contributed by atoms with Crippen molar-refractivity contribution < 1.29 is 4.42 Å². The zero-order valence-electron chi connectivity index (χ0n) is 8.79. The van der Waals surface area contributed by atoms with Crippen LogP contribution in [0.5, 0.6) is 0 Å². The molecule has 0 aromatic carbocycles. The van der Waals surface area contributed by atoms with Crippen molar-refractivity contribution in [3.8, 4) is 0 Å². The molecule has 0 bridgehead atoms. The van der Waals surface area contributed by atoms with Gasteiger partial charge in [-0.05, 0) is 19.4 Å². The summed E-state index contributed by atoms with van der Waals surface area (Å²) in [4.78, 5) is 6.63. The minimum absolute atomic E-state index is 0.759. The molecule has 4 heteroatoms. The highest BCUT2D eigenvalue weighted by molar-refractivity contribution is 5.28. The lowest BCUT2D eigenvalue weighted by Gasteiger charge is -2.11. The van der Waals surface area contributed by atoms with E-state index < -0.39 is 0 Å². The van der Waals surface area contributed by atoms with E-state index in [0.29, 0.717) is 0 Å². The summed E-state index contributed by atoms with van der Waals surface area (Å²) in [5.74, 6) is 0.759. The van der Waals surface area contributed by atoms with E-state index in [1.54, 1.807) is 6.26 Å². The standard InChI is InChI=1S/C10H17N3O/c1-8-3-4-13(6-8)10-12-9(5-11-2)7-14-10/h7-8,11H,3-6H2,1-2H3. The molecule has 1 aliphatic rings. The van der Waals surface area contributed by atoms with Crippen LogP contribution >= 0.6 is 0 Å². The first-order chi connectivity index (χ1) is 6.79. The lowest BCUT2D eigenvalue weighted by atomic mass is 10.2. The Hall–Kier alpha value is -1.03. The van der Waals surface area contributed by atoms with Gasteiger partial charge in [0, 0.05) is 19.6 Å². The number of hydrogen-bond donors (Lipinski definition) is 1. The molecule has 2 heterocycles. The average molecular weight is 195 g/mol. The van der Waals surface area contributed by atoms with Gasteiger partial charge < -0.3 is 14.6 Å². The number of anilines is 1. The third kappa shape index (κ3) is 1.90. The molecule has 1 aliphatic heterocycles. The third-order valence-electron chi connectivity index (χ3n) is 2.59. The first-order valence-corrected chi connectivity index (χ1v) is 5.13. The molecule has 78 valence electrons. The van der Waals surface area contributed by atoms with Gasteiger partial charge in [0.25, 0.3) is 6.01 Å². The van der Waals surface area contributed by atoms with Crippen LogP contribution in [-0.2, 0) is 6.54 Å². The maximum Gasteiger partial charge on any atom is 0.297 e. The highest BCUT2D eigenvalue weighted by atomic mass is 16.4. The Morgan fingerprint density at radius 1 is 1.71 bits per heavy atom. The van der Waals surface area contributed by atoms with Crippen LogP contribution in [0.4, 0.5) is 6.01 Å². The van der Waals surface area contributed by atoms with Crippen molar-refractivity contribution in [2.75, 3.05) is 25.0 Å². The van der Waals surface area contributed by atoms with E-state index in [4.69, 9.17) is 4.42 Å². The van der Waals surface area contributed by atoms with E-state index in [2.05, 4.69) is 22.1 Å². The lowest BCUT2D eigenvalue weighted by Crippen LogP contribution is -2.19. The Kier molecular flexibility index (Phi) is 2.72. The molecule has 1 fully saturated rings. The van der Waals surface area contributed by atoms with Crippen LogP contribution < -0.4 is 10.2 Å². The predicted octanol–water partition coefficient (Wildman–Crippen LogP) is 1.24. The maximum absolute atomic E-state index is 5.42. The fourth-order valence-corrected chi connectivity index (χ4v) is 1.81. The first kappa shape index (κ1) is 9.52. The van der Waals surface area contributed by atoms with Crippen molar-refractivity contribution in [3.05, 3.63) is 12.0 Å². The second kappa shape index (κ2) is 4.00. The fraction of sp³-hybridized carbons (Fsp3) is 0.700. The zero-order chi connectivity index (χ0) is 9.97. The van der Waals surface area contributed by atoms with Gasteiger partial charge in [0.1, 0.15) is 6.26 Å². The minimum atomic E-state index is 0.759. The third-order valence-corrected chi connectivity index (χ3v) is 2.59. The van der Waals surface area contributed by atoms with E-state index in [1.165, 1.54) is 6.42 Å². The molecule has 1 N–H and O–H groups in total. The van der Waals surface area contributed by atoms with Gasteiger partial charge in [0.15, 0.2) is 0 Å². The predicted molar refractivity (Wildman–Crippen MR) is 55.3 cm³/mol. The summed E-state index contributed by atoms with van der Waals surface area (Å²) in [5, 5.41) is 3.06. The van der Waals surface area contributed by atoms with Gasteiger partial charge in [-0.2, -0.15) is 4.98 Å². The second-order valence-corrected chi connectivity index (χ2v) is 3.99. The van der Waals surface area contributed by atoms with Crippen molar-refractivity contribution in [2.24, 2.45) is 5.92 Å². The second-order valence-electron chi connectivity index (χ2n) is 3.99. The van der Waals surface area contributed by atoms with Gasteiger partial charge >= 0.3 is 0 Å². The molecule has 0 saturated carbocycles. The molecule has 4 nitrogen and oxygen atoms in total. The lowest BCUT2D eigenvalue weighted by molar-refractivity contribution is 0.542. The van der Waals surface area contributed by atoms with E-state index in [1.807, 2.05) is 7.05 Å². The molecular formula is C10H17N3O. The summed E-state index contributed by atoms with van der Waals surface area (Å²) in [6.45, 7) is 5.17. The van der Waals surface area contributed by atoms with Gasteiger partial charge in [-0.15, -0.1) is 0 Å². The van der Waals surface area contributed by atoms with Crippen molar-refractivity contribution in [3.63, 3.8) is 0 Å². The van der Waals surface area contributed by atoms with Crippen LogP contribution in [-0.4, -0.2) is 25.1 Å². The Morgan fingerprint density at radius 3 is 3.21 bits per heavy atom. The van der Waals surface area contributed by atoms with Crippen molar-refractivity contribution >= 4 is 6.01 Å². The van der Waals surface area contributed by atoms with Crippen LogP contribution in [0.25, 0.3) is 0 Å². The highest BCUT2D eigenvalue weighted by Crippen LogP contribution is 2.22. The Labute approximate surface area is 84.3 Å². The van der Waals surface area contributed by atoms with Crippen LogP contribution in [0.2, 0.25) is 0 Å². The molecule has 1 aromatic rings. The number of nitrogens with zero attached hydrogens (tertiary/aromatic N) is 2. The molecule has 1 atom stereocenters. The monoisotopic (exact) mass is 195 g/mol. The average Bonchev–Trinajstić information content (AvgIpc) is 2.74. The van der Waals surface area contributed by atoms with Gasteiger partial charge in [-0.25, -0.2) is 0 Å². The summed E-state index contributed by atoms with van der Waals surface area (Å²) in [6.07, 6.45) is 2.97. The summed E-state index contributed by atoms with van der Waals surface area (Å²) in [5.41, 5.74) is 0.974. The molecule has 2 rings (SSSR count). The fourth-order valence-electron chi connectivity index (χ4n) is 1.81. The highest BCUT2D eigenvalue weighted by Gasteiger charge is 2.22. The smallest absolute Gasteiger partial charge is 0.297 e. The topological polar surface area (TPSA) is 41.3 Å². The molecule has 14 heavy (non-hydrogen) atoms. The van der Waals surface area contributed by atoms with Gasteiger partial charge in [0.2, 0.25) is 0 Å². The number of hydrogen-bond acceptors (Lipinski definition) is 4. The molecule has 0 aliphatic carbocycles. The SMILES string of the molecule is CNCc1coc(N2CCC(C)C2)n1. The molecule has 1 saturated heterocycles. The van der Waals surface area contributed by atoms with Gasteiger partial charge in [0.05, 0.1) is 5.69 Å². The molecule has 0 radical (unpaired) electrons. The summed E-state index contributed by atoms with van der Waals surface area (Å²) in [7, 11) is 1.91. The van der Waals surface area contributed by atoms with Crippen LogP contribution in [0.15, 0.2) is 10.7 Å². The molecule has 1 unspecified atom stereocenters. The Balaban J connectivity index is 2.02. The number of rotatable bonds is 3. The minimum Gasteiger partial charge on any atom is -0.432 e. The van der Waals surface area contributed by atoms with E-state index in [0.717, 1.165) is 37.3 Å². The quantitative estimate of drug-likeness (QED) is 0.788.